The molecule has 0 aliphatic carbocycles. The second-order valence-electron chi connectivity index (χ2n) is 6.95. The summed E-state index contributed by atoms with van der Waals surface area (Å²) in [5.41, 5.74) is 0.825. The van der Waals surface area contributed by atoms with E-state index in [2.05, 4.69) is 7.05 Å². The van der Waals surface area contributed by atoms with Crippen LogP contribution in [0.1, 0.15) is 36.0 Å². The molecule has 0 bridgehead atoms. The van der Waals surface area contributed by atoms with Gasteiger partial charge >= 0.3 is 0 Å². The van der Waals surface area contributed by atoms with Crippen LogP contribution in [0, 0.1) is 0 Å². The van der Waals surface area contributed by atoms with Gasteiger partial charge in [-0.3, -0.25) is 4.79 Å². The summed E-state index contributed by atoms with van der Waals surface area (Å²) in [6.07, 6.45) is 4.57. The van der Waals surface area contributed by atoms with Gasteiger partial charge in [-0.05, 0) is 48.2 Å². The first-order valence-electron chi connectivity index (χ1n) is 8.54. The van der Waals surface area contributed by atoms with Gasteiger partial charge in [-0.25, -0.2) is 0 Å². The number of carbonyl (C=O) groups is 1. The van der Waals surface area contributed by atoms with Crippen LogP contribution >= 0.6 is 0 Å². The summed E-state index contributed by atoms with van der Waals surface area (Å²) >= 11 is 0. The Balaban J connectivity index is 1.70. The van der Waals surface area contributed by atoms with E-state index in [1.165, 1.54) is 32.4 Å². The Kier molecular flexibility index (Phi) is 4.67. The highest BCUT2D eigenvalue weighted by Crippen LogP contribution is 2.23. The van der Waals surface area contributed by atoms with Crippen molar-refractivity contribution in [3.63, 3.8) is 0 Å². The van der Waals surface area contributed by atoms with E-state index in [-0.39, 0.29) is 5.78 Å². The highest BCUT2D eigenvalue weighted by Gasteiger charge is 2.25. The fourth-order valence-corrected chi connectivity index (χ4v) is 3.54. The van der Waals surface area contributed by atoms with E-state index in [9.17, 15) is 4.79 Å². The van der Waals surface area contributed by atoms with Gasteiger partial charge in [0.15, 0.2) is 5.78 Å². The van der Waals surface area contributed by atoms with Gasteiger partial charge in [-0.1, -0.05) is 18.2 Å². The van der Waals surface area contributed by atoms with Crippen molar-refractivity contribution in [1.29, 1.82) is 0 Å². The fraction of sp³-hybridized carbons (Fsp3) is 0.450. The molecule has 0 atom stereocenters. The number of methoxy groups -OCH3 is 1. The molecule has 1 aliphatic rings. The minimum Gasteiger partial charge on any atom is -0.497 e. The summed E-state index contributed by atoms with van der Waals surface area (Å²) in [5.74, 6) is 1.10. The zero-order valence-electron chi connectivity index (χ0n) is 14.2. The molecule has 23 heavy (non-hydrogen) atoms. The van der Waals surface area contributed by atoms with E-state index in [1.54, 1.807) is 7.11 Å². The zero-order valence-corrected chi connectivity index (χ0v) is 14.2. The van der Waals surface area contributed by atoms with Gasteiger partial charge in [0.2, 0.25) is 0 Å². The molecule has 0 amide bonds. The van der Waals surface area contributed by atoms with E-state index in [0.717, 1.165) is 33.1 Å². The highest BCUT2D eigenvalue weighted by molar-refractivity contribution is 6.00. The topological polar surface area (TPSA) is 26.3 Å². The maximum absolute atomic E-state index is 12.6. The Bertz CT molecular complexity index is 702. The van der Waals surface area contributed by atoms with E-state index in [1.807, 2.05) is 36.4 Å². The smallest absolute Gasteiger partial charge is 0.168 e. The van der Waals surface area contributed by atoms with Crippen LogP contribution in [0.2, 0.25) is 0 Å². The van der Waals surface area contributed by atoms with Gasteiger partial charge < -0.3 is 9.22 Å². The van der Waals surface area contributed by atoms with Crippen molar-refractivity contribution in [3.8, 4) is 5.75 Å². The number of fused-ring (bicyclic) bond motifs is 1. The molecule has 2 aromatic carbocycles. The molecule has 3 heteroatoms. The van der Waals surface area contributed by atoms with Gasteiger partial charge in [0.1, 0.15) is 5.75 Å². The summed E-state index contributed by atoms with van der Waals surface area (Å²) < 4.78 is 6.30. The number of ether oxygens (including phenoxy) is 1. The standard InChI is InChI=1S/C20H26NO2/c1-21(11-4-3-5-12-21)13-10-20(22)18-7-6-17-15-19(23-2)9-8-16(17)14-18/h6-9,14-15H,3-5,10-13H2,1-2H3/q+1. The number of quaternary nitrogens is 1. The number of nitrogens with zero attached hydrogens (tertiary/aromatic N) is 1. The largest absolute Gasteiger partial charge is 0.497 e. The predicted molar refractivity (Wildman–Crippen MR) is 94.1 cm³/mol. The lowest BCUT2D eigenvalue weighted by Crippen LogP contribution is -2.48. The Morgan fingerprint density at radius 1 is 1.04 bits per heavy atom. The Morgan fingerprint density at radius 3 is 2.48 bits per heavy atom. The van der Waals surface area contributed by atoms with E-state index >= 15 is 0 Å². The van der Waals surface area contributed by atoms with Crippen LogP contribution in [-0.2, 0) is 0 Å². The number of rotatable bonds is 5. The summed E-state index contributed by atoms with van der Waals surface area (Å²) in [5, 5.41) is 2.20. The molecule has 3 rings (SSSR count). The number of piperidine rings is 1. The lowest BCUT2D eigenvalue weighted by atomic mass is 10.0. The molecule has 1 fully saturated rings. The van der Waals surface area contributed by atoms with Crippen LogP contribution in [0.25, 0.3) is 10.8 Å². The van der Waals surface area contributed by atoms with Crippen molar-refractivity contribution in [3.05, 3.63) is 42.0 Å². The van der Waals surface area contributed by atoms with Crippen molar-refractivity contribution >= 4 is 16.6 Å². The molecule has 1 aliphatic heterocycles. The number of carbonyl (C=O) groups excluding carboxylic acids is 1. The molecule has 1 saturated heterocycles. The molecule has 1 heterocycles. The molecule has 0 saturated carbocycles. The second kappa shape index (κ2) is 6.71. The van der Waals surface area contributed by atoms with E-state index in [4.69, 9.17) is 4.74 Å². The average molecular weight is 312 g/mol. The number of hydrogen-bond donors (Lipinski definition) is 0. The number of ketones is 1. The number of Topliss-reactive ketones (excluding diaryl/α,β-unsaturated/α-hetero) is 1. The Labute approximate surface area is 138 Å². The highest BCUT2D eigenvalue weighted by atomic mass is 16.5. The van der Waals surface area contributed by atoms with Gasteiger partial charge in [-0.2, -0.15) is 0 Å². The predicted octanol–water partition coefficient (Wildman–Crippen LogP) is 4.05. The first-order valence-corrected chi connectivity index (χ1v) is 8.54. The van der Waals surface area contributed by atoms with Gasteiger partial charge in [-0.15, -0.1) is 0 Å². The minimum atomic E-state index is 0.257. The van der Waals surface area contributed by atoms with E-state index < -0.39 is 0 Å². The SMILES string of the molecule is COc1ccc2cc(C(=O)CC[N+]3(C)CCCCC3)ccc2c1. The summed E-state index contributed by atoms with van der Waals surface area (Å²) in [7, 11) is 3.96. The lowest BCUT2D eigenvalue weighted by Gasteiger charge is -2.37. The average Bonchev–Trinajstić information content (AvgIpc) is 2.59. The number of likely N-dealkylation sites (tertiary alicyclic amines) is 1. The Hall–Kier alpha value is -1.87. The summed E-state index contributed by atoms with van der Waals surface area (Å²) in [4.78, 5) is 12.6. The maximum Gasteiger partial charge on any atom is 0.168 e. The van der Waals surface area contributed by atoms with Crippen molar-refractivity contribution in [1.82, 2.24) is 0 Å². The third-order valence-electron chi connectivity index (χ3n) is 5.14. The molecule has 2 aromatic rings. The molecule has 0 N–H and O–H groups in total. The molecule has 122 valence electrons. The van der Waals surface area contributed by atoms with Gasteiger partial charge in [0.05, 0.1) is 40.2 Å². The first-order chi connectivity index (χ1) is 11.1. The van der Waals surface area contributed by atoms with Crippen LogP contribution in [0.5, 0.6) is 5.75 Å². The van der Waals surface area contributed by atoms with Crippen LogP contribution in [0.3, 0.4) is 0 Å². The summed E-state index contributed by atoms with van der Waals surface area (Å²) in [6, 6.07) is 11.9. The van der Waals surface area contributed by atoms with E-state index in [0.29, 0.717) is 6.42 Å². The van der Waals surface area contributed by atoms with Crippen molar-refractivity contribution in [2.24, 2.45) is 0 Å². The third kappa shape index (κ3) is 3.73. The van der Waals surface area contributed by atoms with Gasteiger partial charge in [0, 0.05) is 5.56 Å². The number of benzene rings is 2. The van der Waals surface area contributed by atoms with Crippen molar-refractivity contribution < 1.29 is 14.0 Å². The fourth-order valence-electron chi connectivity index (χ4n) is 3.54. The third-order valence-corrected chi connectivity index (χ3v) is 5.14. The first kappa shape index (κ1) is 16.0. The van der Waals surface area contributed by atoms with Crippen LogP contribution in [-0.4, -0.2) is 44.1 Å². The minimum absolute atomic E-state index is 0.257. The molecule has 3 nitrogen and oxygen atoms in total. The lowest BCUT2D eigenvalue weighted by molar-refractivity contribution is -0.913. The number of hydrogen-bond acceptors (Lipinski definition) is 2. The second-order valence-corrected chi connectivity index (χ2v) is 6.95. The monoisotopic (exact) mass is 312 g/mol. The van der Waals surface area contributed by atoms with Gasteiger partial charge in [0.25, 0.3) is 0 Å². The molecular formula is C20H26NO2+. The van der Waals surface area contributed by atoms with Crippen LogP contribution in [0.4, 0.5) is 0 Å². The molecule has 0 aromatic heterocycles. The van der Waals surface area contributed by atoms with Crippen molar-refractivity contribution in [2.75, 3.05) is 33.8 Å². The molecule has 0 unspecified atom stereocenters. The van der Waals surface area contributed by atoms with Crippen LogP contribution in [0.15, 0.2) is 36.4 Å². The zero-order chi connectivity index (χ0) is 16.3. The Morgan fingerprint density at radius 2 is 1.74 bits per heavy atom. The molecule has 0 spiro atoms. The van der Waals surface area contributed by atoms with Crippen LogP contribution < -0.4 is 4.74 Å². The molecular weight excluding hydrogens is 286 g/mol. The van der Waals surface area contributed by atoms with Crippen molar-refractivity contribution in [2.45, 2.75) is 25.7 Å². The quantitative estimate of drug-likeness (QED) is 0.615. The maximum atomic E-state index is 12.6. The molecule has 0 radical (unpaired) electrons. The normalized spacial score (nSPS) is 17.1. The summed E-state index contributed by atoms with van der Waals surface area (Å²) in [6.45, 7) is 3.38.